The first-order valence-corrected chi connectivity index (χ1v) is 8.59. The van der Waals surface area contributed by atoms with Crippen LogP contribution in [0.5, 0.6) is 5.88 Å². The third kappa shape index (κ3) is 2.94. The van der Waals surface area contributed by atoms with Gasteiger partial charge in [-0.15, -0.1) is 0 Å². The number of carbonyl (C=O) groups is 1. The van der Waals surface area contributed by atoms with E-state index in [2.05, 4.69) is 4.98 Å². The number of ether oxygens (including phenoxy) is 1. The second-order valence-electron chi connectivity index (χ2n) is 6.42. The summed E-state index contributed by atoms with van der Waals surface area (Å²) in [6.07, 6.45) is 2.33. The van der Waals surface area contributed by atoms with Crippen molar-refractivity contribution >= 4 is 16.8 Å². The summed E-state index contributed by atoms with van der Waals surface area (Å²) in [6.45, 7) is 1.08. The van der Waals surface area contributed by atoms with E-state index in [-0.39, 0.29) is 17.4 Å². The van der Waals surface area contributed by atoms with Crippen LogP contribution in [0.15, 0.2) is 59.5 Å². The zero-order chi connectivity index (χ0) is 18.1. The summed E-state index contributed by atoms with van der Waals surface area (Å²) in [4.78, 5) is 31.2. The molecule has 1 amide bonds. The molecule has 1 aliphatic rings. The van der Waals surface area contributed by atoms with Gasteiger partial charge in [0.1, 0.15) is 11.8 Å². The first-order chi connectivity index (χ1) is 12.6. The van der Waals surface area contributed by atoms with Gasteiger partial charge in [0.25, 0.3) is 5.91 Å². The molecule has 0 N–H and O–H groups in total. The molecule has 6 nitrogen and oxygen atoms in total. The number of fused-ring (bicyclic) bond motifs is 1. The summed E-state index contributed by atoms with van der Waals surface area (Å²) in [5, 5.41) is 0.615. The lowest BCUT2D eigenvalue weighted by Gasteiger charge is -2.19. The first kappa shape index (κ1) is 16.3. The highest BCUT2D eigenvalue weighted by atomic mass is 16.5. The van der Waals surface area contributed by atoms with Crippen LogP contribution in [0.4, 0.5) is 0 Å². The molecular weight excluding hydrogens is 330 g/mol. The predicted molar refractivity (Wildman–Crippen MR) is 98.4 cm³/mol. The maximum absolute atomic E-state index is 13.0. The molecule has 0 spiro atoms. The highest BCUT2D eigenvalue weighted by Crippen LogP contribution is 2.19. The second kappa shape index (κ2) is 6.63. The Morgan fingerprint density at radius 2 is 2.00 bits per heavy atom. The molecule has 4 rings (SSSR count). The molecule has 1 saturated heterocycles. The molecule has 132 valence electrons. The lowest BCUT2D eigenvalue weighted by atomic mass is 10.1. The zero-order valence-corrected chi connectivity index (χ0v) is 14.5. The molecule has 0 bridgehead atoms. The van der Waals surface area contributed by atoms with E-state index >= 15 is 0 Å². The third-order valence-corrected chi connectivity index (χ3v) is 4.74. The molecule has 6 heteroatoms. The van der Waals surface area contributed by atoms with Gasteiger partial charge in [0.15, 0.2) is 5.43 Å². The Morgan fingerprint density at radius 3 is 2.81 bits per heavy atom. The van der Waals surface area contributed by atoms with Crippen LogP contribution in [0.25, 0.3) is 10.9 Å². The quantitative estimate of drug-likeness (QED) is 0.727. The fourth-order valence-electron chi connectivity index (χ4n) is 3.37. The van der Waals surface area contributed by atoms with Crippen molar-refractivity contribution < 1.29 is 9.53 Å². The summed E-state index contributed by atoms with van der Waals surface area (Å²) in [6, 6.07) is 14.2. The molecule has 1 unspecified atom stereocenters. The van der Waals surface area contributed by atoms with Crippen LogP contribution in [-0.4, -0.2) is 39.6 Å². The van der Waals surface area contributed by atoms with E-state index in [1.807, 2.05) is 37.4 Å². The number of aryl methyl sites for hydroxylation is 1. The Kier molecular flexibility index (Phi) is 4.16. The van der Waals surface area contributed by atoms with Gasteiger partial charge in [0.2, 0.25) is 5.88 Å². The van der Waals surface area contributed by atoms with E-state index in [1.165, 1.54) is 6.07 Å². The number of pyridine rings is 2. The van der Waals surface area contributed by atoms with E-state index in [0.29, 0.717) is 30.0 Å². The fourth-order valence-corrected chi connectivity index (χ4v) is 3.37. The fraction of sp³-hybridized carbons (Fsp3) is 0.250. The van der Waals surface area contributed by atoms with Crippen molar-refractivity contribution in [3.8, 4) is 5.88 Å². The summed E-state index contributed by atoms with van der Waals surface area (Å²) >= 11 is 0. The minimum Gasteiger partial charge on any atom is -0.472 e. The molecule has 1 atom stereocenters. The lowest BCUT2D eigenvalue weighted by Crippen LogP contribution is -2.33. The van der Waals surface area contributed by atoms with Gasteiger partial charge in [-0.25, -0.2) is 4.98 Å². The summed E-state index contributed by atoms with van der Waals surface area (Å²) < 4.78 is 7.63. The number of amides is 1. The van der Waals surface area contributed by atoms with Crippen LogP contribution in [0.2, 0.25) is 0 Å². The standard InChI is InChI=1S/C20H19N3O3/c1-22-16-7-3-2-6-15(16)18(24)12-17(22)20(25)23-11-9-14(13-23)26-19-8-4-5-10-21-19/h2-8,10,12,14H,9,11,13H2,1H3. The average molecular weight is 349 g/mol. The minimum atomic E-state index is -0.150. The highest BCUT2D eigenvalue weighted by molar-refractivity contribution is 5.95. The van der Waals surface area contributed by atoms with Crippen LogP contribution in [0, 0.1) is 0 Å². The SMILES string of the molecule is Cn1c(C(=O)N2CCC(Oc3ccccn3)C2)cc(=O)c2ccccc21. The van der Waals surface area contributed by atoms with Gasteiger partial charge >= 0.3 is 0 Å². The van der Waals surface area contributed by atoms with Crippen molar-refractivity contribution in [1.82, 2.24) is 14.5 Å². The maximum Gasteiger partial charge on any atom is 0.270 e. The molecule has 1 aromatic carbocycles. The van der Waals surface area contributed by atoms with E-state index in [1.54, 1.807) is 27.8 Å². The van der Waals surface area contributed by atoms with E-state index in [9.17, 15) is 9.59 Å². The molecule has 1 fully saturated rings. The van der Waals surface area contributed by atoms with Crippen molar-refractivity contribution in [2.24, 2.45) is 7.05 Å². The van der Waals surface area contributed by atoms with E-state index in [0.717, 1.165) is 11.9 Å². The van der Waals surface area contributed by atoms with Crippen molar-refractivity contribution in [3.05, 3.63) is 70.6 Å². The van der Waals surface area contributed by atoms with Crippen molar-refractivity contribution in [3.63, 3.8) is 0 Å². The van der Waals surface area contributed by atoms with Gasteiger partial charge < -0.3 is 14.2 Å². The highest BCUT2D eigenvalue weighted by Gasteiger charge is 2.29. The topological polar surface area (TPSA) is 64.4 Å². The third-order valence-electron chi connectivity index (χ3n) is 4.74. The van der Waals surface area contributed by atoms with Crippen LogP contribution in [0.1, 0.15) is 16.9 Å². The molecule has 2 aromatic heterocycles. The summed E-state index contributed by atoms with van der Waals surface area (Å²) in [5.41, 5.74) is 1.01. The normalized spacial score (nSPS) is 16.8. The Morgan fingerprint density at radius 1 is 1.19 bits per heavy atom. The number of benzene rings is 1. The Bertz CT molecular complexity index is 1010. The van der Waals surface area contributed by atoms with Crippen LogP contribution in [-0.2, 0) is 7.05 Å². The van der Waals surface area contributed by atoms with Crippen molar-refractivity contribution in [2.75, 3.05) is 13.1 Å². The number of rotatable bonds is 3. The number of carbonyl (C=O) groups excluding carboxylic acids is 1. The lowest BCUT2D eigenvalue weighted by molar-refractivity contribution is 0.0761. The average Bonchev–Trinajstić information content (AvgIpc) is 3.13. The predicted octanol–water partition coefficient (Wildman–Crippen LogP) is 2.23. The summed E-state index contributed by atoms with van der Waals surface area (Å²) in [7, 11) is 1.81. The zero-order valence-electron chi connectivity index (χ0n) is 14.5. The minimum absolute atomic E-state index is 0.0914. The number of aromatic nitrogens is 2. The van der Waals surface area contributed by atoms with Gasteiger partial charge in [0.05, 0.1) is 12.1 Å². The first-order valence-electron chi connectivity index (χ1n) is 8.59. The van der Waals surface area contributed by atoms with Crippen LogP contribution in [0.3, 0.4) is 0 Å². The van der Waals surface area contributed by atoms with Crippen molar-refractivity contribution in [1.29, 1.82) is 0 Å². The Hall–Kier alpha value is -3.15. The molecule has 0 radical (unpaired) electrons. The molecule has 0 saturated carbocycles. The molecule has 3 aromatic rings. The smallest absolute Gasteiger partial charge is 0.270 e. The molecular formula is C20H19N3O3. The molecule has 1 aliphatic heterocycles. The largest absolute Gasteiger partial charge is 0.472 e. The van der Waals surface area contributed by atoms with Crippen molar-refractivity contribution in [2.45, 2.75) is 12.5 Å². The van der Waals surface area contributed by atoms with Gasteiger partial charge in [-0.3, -0.25) is 9.59 Å². The van der Waals surface area contributed by atoms with Gasteiger partial charge in [-0.05, 0) is 18.2 Å². The Labute approximate surface area is 150 Å². The number of likely N-dealkylation sites (tertiary alicyclic amines) is 1. The number of para-hydroxylation sites is 1. The number of hydrogen-bond donors (Lipinski definition) is 0. The van der Waals surface area contributed by atoms with Gasteiger partial charge in [-0.2, -0.15) is 0 Å². The number of nitrogens with zero attached hydrogens (tertiary/aromatic N) is 3. The van der Waals surface area contributed by atoms with E-state index < -0.39 is 0 Å². The maximum atomic E-state index is 13.0. The Balaban J connectivity index is 1.56. The molecule has 0 aliphatic carbocycles. The van der Waals surface area contributed by atoms with Crippen LogP contribution < -0.4 is 10.2 Å². The van der Waals surface area contributed by atoms with Gasteiger partial charge in [-0.1, -0.05) is 18.2 Å². The monoisotopic (exact) mass is 349 g/mol. The number of hydrogen-bond acceptors (Lipinski definition) is 4. The van der Waals surface area contributed by atoms with Crippen LogP contribution >= 0.6 is 0 Å². The second-order valence-corrected chi connectivity index (χ2v) is 6.42. The summed E-state index contributed by atoms with van der Waals surface area (Å²) in [5.74, 6) is 0.410. The molecule has 26 heavy (non-hydrogen) atoms. The molecule has 3 heterocycles. The van der Waals surface area contributed by atoms with E-state index in [4.69, 9.17) is 4.74 Å². The van der Waals surface area contributed by atoms with Gasteiger partial charge in [0, 0.05) is 43.7 Å².